The van der Waals surface area contributed by atoms with E-state index in [9.17, 15) is 33.3 Å². The number of hydrogen-bond acceptors (Lipinski definition) is 4. The van der Waals surface area contributed by atoms with Crippen LogP contribution in [-0.2, 0) is 6.18 Å². The van der Waals surface area contributed by atoms with Gasteiger partial charge in [-0.1, -0.05) is 18.2 Å². The van der Waals surface area contributed by atoms with Gasteiger partial charge < -0.3 is 20.6 Å². The second-order valence-electron chi connectivity index (χ2n) is 5.97. The van der Waals surface area contributed by atoms with E-state index in [1.54, 1.807) is 0 Å². The van der Waals surface area contributed by atoms with Crippen molar-refractivity contribution >= 4 is 11.6 Å². The summed E-state index contributed by atoms with van der Waals surface area (Å²) in [6.45, 7) is 0. The zero-order chi connectivity index (χ0) is 20.5. The van der Waals surface area contributed by atoms with E-state index in [0.717, 1.165) is 24.3 Å². The van der Waals surface area contributed by atoms with Crippen LogP contribution in [0.2, 0.25) is 0 Å². The van der Waals surface area contributed by atoms with Crippen LogP contribution in [0.15, 0.2) is 60.7 Å². The Balaban J connectivity index is 1.90. The molecule has 144 valence electrons. The summed E-state index contributed by atoms with van der Waals surface area (Å²) in [7, 11) is 0. The Morgan fingerprint density at radius 1 is 0.857 bits per heavy atom. The lowest BCUT2D eigenvalue weighted by atomic mass is 10.0. The van der Waals surface area contributed by atoms with E-state index in [-0.39, 0.29) is 28.1 Å². The third-order valence-electron chi connectivity index (χ3n) is 3.94. The van der Waals surface area contributed by atoms with Crippen LogP contribution in [-0.4, -0.2) is 21.2 Å². The summed E-state index contributed by atoms with van der Waals surface area (Å²) in [6, 6.07) is 12.1. The predicted octanol–water partition coefficient (Wildman–Crippen LogP) is 4.74. The molecule has 0 atom stereocenters. The summed E-state index contributed by atoms with van der Waals surface area (Å²) in [6.07, 6.45) is -4.53. The van der Waals surface area contributed by atoms with Crippen LogP contribution < -0.4 is 5.32 Å². The van der Waals surface area contributed by atoms with Crippen LogP contribution >= 0.6 is 0 Å². The van der Waals surface area contributed by atoms with Gasteiger partial charge in [0.1, 0.15) is 17.2 Å². The average molecular weight is 389 g/mol. The lowest BCUT2D eigenvalue weighted by Gasteiger charge is -2.11. The molecule has 3 aromatic carbocycles. The van der Waals surface area contributed by atoms with E-state index in [4.69, 9.17) is 0 Å². The number of phenols is 3. The maximum atomic E-state index is 12.8. The largest absolute Gasteiger partial charge is 0.508 e. The monoisotopic (exact) mass is 389 g/mol. The average Bonchev–Trinajstić information content (AvgIpc) is 2.60. The molecule has 0 saturated heterocycles. The van der Waals surface area contributed by atoms with Gasteiger partial charge in [-0.2, -0.15) is 13.2 Å². The molecule has 4 N–H and O–H groups in total. The number of rotatable bonds is 3. The molecule has 0 saturated carbocycles. The highest BCUT2D eigenvalue weighted by atomic mass is 19.4. The molecule has 0 aliphatic heterocycles. The molecule has 3 rings (SSSR count). The number of carbonyl (C=O) groups is 1. The molecule has 0 radical (unpaired) electrons. The number of aromatic hydroxyl groups is 3. The Hall–Kier alpha value is -3.68. The van der Waals surface area contributed by atoms with Crippen molar-refractivity contribution in [3.05, 3.63) is 71.8 Å². The van der Waals surface area contributed by atoms with Crippen LogP contribution in [0.3, 0.4) is 0 Å². The number of benzene rings is 3. The standard InChI is InChI=1S/C20H14F3NO4/c21-20(22,23)13-5-2-6-14(8-13)24-19(28)12-4-1-3-11(7-12)18-16(26)9-15(25)10-17(18)27/h1-10,25-27H,(H,24,28). The van der Waals surface area contributed by atoms with E-state index in [0.29, 0.717) is 0 Å². The summed E-state index contributed by atoms with van der Waals surface area (Å²) in [4.78, 5) is 12.4. The molecule has 0 unspecified atom stereocenters. The van der Waals surface area contributed by atoms with Gasteiger partial charge in [-0.05, 0) is 35.9 Å². The molecule has 0 heterocycles. The van der Waals surface area contributed by atoms with E-state index in [1.165, 1.54) is 36.4 Å². The number of halogens is 3. The first kappa shape index (κ1) is 19.1. The second kappa shape index (κ2) is 7.15. The first-order valence-corrected chi connectivity index (χ1v) is 7.99. The highest BCUT2D eigenvalue weighted by molar-refractivity contribution is 6.05. The first-order valence-electron chi connectivity index (χ1n) is 7.99. The van der Waals surface area contributed by atoms with E-state index in [2.05, 4.69) is 5.32 Å². The lowest BCUT2D eigenvalue weighted by Crippen LogP contribution is -2.13. The van der Waals surface area contributed by atoms with Gasteiger partial charge in [0.05, 0.1) is 11.1 Å². The Morgan fingerprint density at radius 3 is 2.14 bits per heavy atom. The highest BCUT2D eigenvalue weighted by Gasteiger charge is 2.30. The van der Waals surface area contributed by atoms with Crippen LogP contribution in [0.5, 0.6) is 17.2 Å². The lowest BCUT2D eigenvalue weighted by molar-refractivity contribution is -0.137. The Kier molecular flexibility index (Phi) is 4.87. The molecule has 0 bridgehead atoms. The zero-order valence-electron chi connectivity index (χ0n) is 14.2. The first-order chi connectivity index (χ1) is 13.1. The number of carbonyl (C=O) groups excluding carboxylic acids is 1. The van der Waals surface area contributed by atoms with Crippen LogP contribution in [0.25, 0.3) is 11.1 Å². The Bertz CT molecular complexity index is 1020. The van der Waals surface area contributed by atoms with Crippen molar-refractivity contribution in [1.29, 1.82) is 0 Å². The van der Waals surface area contributed by atoms with Crippen LogP contribution in [0.1, 0.15) is 15.9 Å². The van der Waals surface area contributed by atoms with Crippen molar-refractivity contribution in [1.82, 2.24) is 0 Å². The number of alkyl halides is 3. The normalized spacial score (nSPS) is 11.2. The van der Waals surface area contributed by atoms with Crippen molar-refractivity contribution in [2.75, 3.05) is 5.32 Å². The highest BCUT2D eigenvalue weighted by Crippen LogP contribution is 2.40. The molecule has 8 heteroatoms. The van der Waals surface area contributed by atoms with Gasteiger partial charge in [0.25, 0.3) is 5.91 Å². The third-order valence-corrected chi connectivity index (χ3v) is 3.94. The maximum Gasteiger partial charge on any atom is 0.416 e. The molecular formula is C20H14F3NO4. The van der Waals surface area contributed by atoms with Crippen molar-refractivity contribution in [3.63, 3.8) is 0 Å². The van der Waals surface area contributed by atoms with E-state index >= 15 is 0 Å². The quantitative estimate of drug-likeness (QED) is 0.521. The van der Waals surface area contributed by atoms with Crippen LogP contribution in [0, 0.1) is 0 Å². The van der Waals surface area contributed by atoms with Gasteiger partial charge in [0, 0.05) is 23.4 Å². The SMILES string of the molecule is O=C(Nc1cccc(C(F)(F)F)c1)c1cccc(-c2c(O)cc(O)cc2O)c1. The number of phenolic OH excluding ortho intramolecular Hbond substituents is 3. The molecule has 3 aromatic rings. The van der Waals surface area contributed by atoms with Gasteiger partial charge >= 0.3 is 6.18 Å². The Morgan fingerprint density at radius 2 is 1.50 bits per heavy atom. The number of amides is 1. The smallest absolute Gasteiger partial charge is 0.416 e. The fourth-order valence-electron chi connectivity index (χ4n) is 2.69. The summed E-state index contributed by atoms with van der Waals surface area (Å²) in [5.41, 5.74) is -0.529. The molecule has 0 aromatic heterocycles. The number of anilines is 1. The second-order valence-corrected chi connectivity index (χ2v) is 5.97. The van der Waals surface area contributed by atoms with Gasteiger partial charge in [-0.3, -0.25) is 4.79 Å². The van der Waals surface area contributed by atoms with E-state index in [1.807, 2.05) is 0 Å². The summed E-state index contributed by atoms with van der Waals surface area (Å²) >= 11 is 0. The molecule has 0 aliphatic carbocycles. The Labute approximate surface area is 157 Å². The maximum absolute atomic E-state index is 12.8. The van der Waals surface area contributed by atoms with Gasteiger partial charge in [-0.15, -0.1) is 0 Å². The minimum Gasteiger partial charge on any atom is -0.508 e. The fourth-order valence-corrected chi connectivity index (χ4v) is 2.69. The van der Waals surface area contributed by atoms with Gasteiger partial charge in [0.15, 0.2) is 0 Å². The minimum absolute atomic E-state index is 0.00604. The van der Waals surface area contributed by atoms with Crippen molar-refractivity contribution < 1.29 is 33.3 Å². The molecule has 0 fully saturated rings. The molecular weight excluding hydrogens is 375 g/mol. The fraction of sp³-hybridized carbons (Fsp3) is 0.0500. The molecule has 1 amide bonds. The van der Waals surface area contributed by atoms with E-state index < -0.39 is 29.1 Å². The summed E-state index contributed by atoms with van der Waals surface area (Å²) in [5.74, 6) is -1.79. The van der Waals surface area contributed by atoms with Crippen molar-refractivity contribution in [3.8, 4) is 28.4 Å². The minimum atomic E-state index is -4.53. The van der Waals surface area contributed by atoms with Crippen LogP contribution in [0.4, 0.5) is 18.9 Å². The summed E-state index contributed by atoms with van der Waals surface area (Å²) < 4.78 is 38.4. The van der Waals surface area contributed by atoms with Crippen molar-refractivity contribution in [2.24, 2.45) is 0 Å². The van der Waals surface area contributed by atoms with Gasteiger partial charge in [0.2, 0.25) is 0 Å². The predicted molar refractivity (Wildman–Crippen MR) is 96.3 cm³/mol. The molecule has 0 spiro atoms. The topological polar surface area (TPSA) is 89.8 Å². The molecule has 5 nitrogen and oxygen atoms in total. The molecule has 0 aliphatic rings. The number of hydrogen-bond donors (Lipinski definition) is 4. The molecule has 28 heavy (non-hydrogen) atoms. The summed E-state index contributed by atoms with van der Waals surface area (Å²) in [5, 5.41) is 31.7. The third kappa shape index (κ3) is 4.01. The van der Waals surface area contributed by atoms with Gasteiger partial charge in [-0.25, -0.2) is 0 Å². The zero-order valence-corrected chi connectivity index (χ0v) is 14.2. The number of nitrogens with one attached hydrogen (secondary N) is 1. The van der Waals surface area contributed by atoms with Crippen molar-refractivity contribution in [2.45, 2.75) is 6.18 Å².